The van der Waals surface area contributed by atoms with Gasteiger partial charge < -0.3 is 4.90 Å². The quantitative estimate of drug-likeness (QED) is 0.309. The highest BCUT2D eigenvalue weighted by Crippen LogP contribution is 2.36. The van der Waals surface area contributed by atoms with Crippen LogP contribution in [0.2, 0.25) is 0 Å². The number of nitriles is 2. The van der Waals surface area contributed by atoms with Crippen molar-refractivity contribution in [3.05, 3.63) is 120 Å². The lowest BCUT2D eigenvalue weighted by Crippen LogP contribution is -2.09. The Labute approximate surface area is 192 Å². The maximum absolute atomic E-state index is 9.16. The van der Waals surface area contributed by atoms with Crippen molar-refractivity contribution in [2.45, 2.75) is 0 Å². The van der Waals surface area contributed by atoms with Crippen LogP contribution >= 0.6 is 0 Å². The van der Waals surface area contributed by atoms with Crippen LogP contribution < -0.4 is 4.90 Å². The van der Waals surface area contributed by atoms with Gasteiger partial charge in [-0.3, -0.25) is 4.98 Å². The number of benzene rings is 4. The molecule has 1 aromatic heterocycles. The molecular formula is C29H18N4. The summed E-state index contributed by atoms with van der Waals surface area (Å²) >= 11 is 0. The third-order valence-corrected chi connectivity index (χ3v) is 5.56. The minimum Gasteiger partial charge on any atom is -0.311 e. The van der Waals surface area contributed by atoms with Gasteiger partial charge in [-0.25, -0.2) is 0 Å². The standard InChI is InChI=1S/C29H18N4/c30-18-21-5-11-26(12-6-21)33(27-13-7-22(19-31)8-14-27)28-15-9-23(10-16-28)25-17-24-3-1-2-4-29(24)32-20-25/h1-17,20H. The van der Waals surface area contributed by atoms with E-state index in [1.165, 1.54) is 0 Å². The molecule has 0 saturated heterocycles. The van der Waals surface area contributed by atoms with Gasteiger partial charge in [-0.15, -0.1) is 0 Å². The number of rotatable bonds is 4. The first-order valence-electron chi connectivity index (χ1n) is 10.5. The van der Waals surface area contributed by atoms with Crippen LogP contribution in [-0.4, -0.2) is 4.98 Å². The summed E-state index contributed by atoms with van der Waals surface area (Å²) in [6.45, 7) is 0. The number of aromatic nitrogens is 1. The van der Waals surface area contributed by atoms with Crippen molar-refractivity contribution in [1.82, 2.24) is 4.98 Å². The van der Waals surface area contributed by atoms with Crippen molar-refractivity contribution in [3.8, 4) is 23.3 Å². The molecule has 4 nitrogen and oxygen atoms in total. The van der Waals surface area contributed by atoms with Crippen LogP contribution in [0.3, 0.4) is 0 Å². The monoisotopic (exact) mass is 422 g/mol. The van der Waals surface area contributed by atoms with E-state index in [1.807, 2.05) is 48.7 Å². The Kier molecular flexibility index (Phi) is 5.25. The number of hydrogen-bond donors (Lipinski definition) is 0. The largest absolute Gasteiger partial charge is 0.311 e. The molecular weight excluding hydrogens is 404 g/mol. The molecule has 0 fully saturated rings. The van der Waals surface area contributed by atoms with Gasteiger partial charge in [-0.1, -0.05) is 30.3 Å². The summed E-state index contributed by atoms with van der Waals surface area (Å²) in [5.74, 6) is 0. The second kappa shape index (κ2) is 8.67. The van der Waals surface area contributed by atoms with Gasteiger partial charge in [0.1, 0.15) is 0 Å². The van der Waals surface area contributed by atoms with E-state index in [-0.39, 0.29) is 0 Å². The fraction of sp³-hybridized carbons (Fsp3) is 0. The summed E-state index contributed by atoms with van der Waals surface area (Å²) in [5, 5.41) is 19.4. The van der Waals surface area contributed by atoms with E-state index in [9.17, 15) is 0 Å². The number of nitrogens with zero attached hydrogens (tertiary/aromatic N) is 4. The summed E-state index contributed by atoms with van der Waals surface area (Å²) in [5.41, 5.74) is 7.17. The van der Waals surface area contributed by atoms with Gasteiger partial charge in [0.15, 0.2) is 0 Å². The molecule has 0 aliphatic heterocycles. The average Bonchev–Trinajstić information content (AvgIpc) is 2.90. The average molecular weight is 422 g/mol. The predicted molar refractivity (Wildman–Crippen MR) is 131 cm³/mol. The highest BCUT2D eigenvalue weighted by Gasteiger charge is 2.13. The lowest BCUT2D eigenvalue weighted by molar-refractivity contribution is 1.28. The second-order valence-electron chi connectivity index (χ2n) is 7.62. The summed E-state index contributed by atoms with van der Waals surface area (Å²) in [7, 11) is 0. The van der Waals surface area contributed by atoms with Gasteiger partial charge in [-0.05, 0) is 78.4 Å². The summed E-state index contributed by atoms with van der Waals surface area (Å²) in [4.78, 5) is 6.68. The number of pyridine rings is 1. The van der Waals surface area contributed by atoms with Crippen LogP contribution in [0.5, 0.6) is 0 Å². The van der Waals surface area contributed by atoms with Crippen molar-refractivity contribution in [1.29, 1.82) is 10.5 Å². The third-order valence-electron chi connectivity index (χ3n) is 5.56. The predicted octanol–water partition coefficient (Wildman–Crippen LogP) is 7.11. The molecule has 4 aromatic carbocycles. The minimum atomic E-state index is 0.609. The van der Waals surface area contributed by atoms with Gasteiger partial charge in [0.25, 0.3) is 0 Å². The Bertz CT molecular complexity index is 1450. The molecule has 0 spiro atoms. The molecule has 5 aromatic rings. The van der Waals surface area contributed by atoms with Crippen LogP contribution in [0.25, 0.3) is 22.0 Å². The van der Waals surface area contributed by atoms with Crippen LogP contribution in [0, 0.1) is 22.7 Å². The summed E-state index contributed by atoms with van der Waals surface area (Å²) in [6.07, 6.45) is 1.90. The molecule has 0 bridgehead atoms. The smallest absolute Gasteiger partial charge is 0.0991 e. The minimum absolute atomic E-state index is 0.609. The molecule has 0 atom stereocenters. The van der Waals surface area contributed by atoms with Crippen LogP contribution in [0.4, 0.5) is 17.1 Å². The van der Waals surface area contributed by atoms with Gasteiger partial charge in [0, 0.05) is 34.2 Å². The molecule has 4 heteroatoms. The number of fused-ring (bicyclic) bond motifs is 1. The van der Waals surface area contributed by atoms with Crippen molar-refractivity contribution < 1.29 is 0 Å². The van der Waals surface area contributed by atoms with Crippen LogP contribution in [-0.2, 0) is 0 Å². The van der Waals surface area contributed by atoms with E-state index >= 15 is 0 Å². The van der Waals surface area contributed by atoms with E-state index in [0.717, 1.165) is 39.1 Å². The zero-order valence-corrected chi connectivity index (χ0v) is 17.7. The molecule has 0 unspecified atom stereocenters. The van der Waals surface area contributed by atoms with Crippen LogP contribution in [0.15, 0.2) is 109 Å². The maximum Gasteiger partial charge on any atom is 0.0991 e. The second-order valence-corrected chi connectivity index (χ2v) is 7.62. The van der Waals surface area contributed by atoms with E-state index in [0.29, 0.717) is 11.1 Å². The Morgan fingerprint density at radius 3 is 1.64 bits per heavy atom. The highest BCUT2D eigenvalue weighted by molar-refractivity contribution is 5.84. The normalized spacial score (nSPS) is 10.4. The van der Waals surface area contributed by atoms with E-state index in [1.54, 1.807) is 24.3 Å². The first-order valence-corrected chi connectivity index (χ1v) is 10.5. The molecule has 33 heavy (non-hydrogen) atoms. The molecule has 154 valence electrons. The van der Waals surface area contributed by atoms with E-state index < -0.39 is 0 Å². The number of para-hydroxylation sites is 1. The molecule has 0 aliphatic carbocycles. The molecule has 0 aliphatic rings. The Hall–Kier alpha value is -4.93. The summed E-state index contributed by atoms with van der Waals surface area (Å²) in [6, 6.07) is 37.8. The molecule has 0 amide bonds. The first kappa shape index (κ1) is 20.0. The SMILES string of the molecule is N#Cc1ccc(N(c2ccc(C#N)cc2)c2ccc(-c3cnc4ccccc4c3)cc2)cc1. The molecule has 1 heterocycles. The fourth-order valence-electron chi connectivity index (χ4n) is 3.85. The van der Waals surface area contributed by atoms with Crippen molar-refractivity contribution >= 4 is 28.0 Å². The van der Waals surface area contributed by atoms with E-state index in [2.05, 4.69) is 58.4 Å². The molecule has 0 saturated carbocycles. The Morgan fingerprint density at radius 2 is 1.09 bits per heavy atom. The molecule has 0 N–H and O–H groups in total. The van der Waals surface area contributed by atoms with E-state index in [4.69, 9.17) is 10.5 Å². The zero-order valence-electron chi connectivity index (χ0n) is 17.7. The third kappa shape index (κ3) is 4.02. The lowest BCUT2D eigenvalue weighted by Gasteiger charge is -2.25. The van der Waals surface area contributed by atoms with Gasteiger partial charge >= 0.3 is 0 Å². The van der Waals surface area contributed by atoms with Crippen molar-refractivity contribution in [3.63, 3.8) is 0 Å². The van der Waals surface area contributed by atoms with Gasteiger partial charge in [0.2, 0.25) is 0 Å². The highest BCUT2D eigenvalue weighted by atomic mass is 15.1. The Morgan fingerprint density at radius 1 is 0.576 bits per heavy atom. The number of hydrogen-bond acceptors (Lipinski definition) is 4. The Balaban J connectivity index is 1.55. The number of anilines is 3. The fourth-order valence-corrected chi connectivity index (χ4v) is 3.85. The topological polar surface area (TPSA) is 63.7 Å². The first-order chi connectivity index (χ1) is 16.2. The van der Waals surface area contributed by atoms with Crippen LogP contribution in [0.1, 0.15) is 11.1 Å². The van der Waals surface area contributed by atoms with Crippen molar-refractivity contribution in [2.75, 3.05) is 4.90 Å². The summed E-state index contributed by atoms with van der Waals surface area (Å²) < 4.78 is 0. The molecule has 0 radical (unpaired) electrons. The molecule has 5 rings (SSSR count). The van der Waals surface area contributed by atoms with Crippen molar-refractivity contribution in [2.24, 2.45) is 0 Å². The lowest BCUT2D eigenvalue weighted by atomic mass is 10.0. The zero-order chi connectivity index (χ0) is 22.6. The van der Waals surface area contributed by atoms with Gasteiger partial charge in [-0.2, -0.15) is 10.5 Å². The van der Waals surface area contributed by atoms with Gasteiger partial charge in [0.05, 0.1) is 28.8 Å². The maximum atomic E-state index is 9.16.